The summed E-state index contributed by atoms with van der Waals surface area (Å²) in [5.74, 6) is 1.92. The van der Waals surface area contributed by atoms with Crippen LogP contribution in [0.5, 0.6) is 17.2 Å². The molecule has 0 heterocycles. The lowest BCUT2D eigenvalue weighted by Crippen LogP contribution is -2.34. The Balaban J connectivity index is 2.09. The summed E-state index contributed by atoms with van der Waals surface area (Å²) < 4.78 is 16.6. The van der Waals surface area contributed by atoms with Crippen molar-refractivity contribution in [3.05, 3.63) is 53.6 Å². The molecular formula is C23H32N2O4. The highest BCUT2D eigenvalue weighted by Crippen LogP contribution is 2.29. The predicted octanol–water partition coefficient (Wildman–Crippen LogP) is 3.92. The maximum absolute atomic E-state index is 12.7. The van der Waals surface area contributed by atoms with E-state index in [1.165, 1.54) is 0 Å². The number of ether oxygens (including phenoxy) is 3. The number of likely N-dealkylation sites (N-methyl/N-ethyl adjacent to an activating group) is 1. The van der Waals surface area contributed by atoms with Crippen LogP contribution >= 0.6 is 0 Å². The van der Waals surface area contributed by atoms with E-state index in [0.717, 1.165) is 17.7 Å². The van der Waals surface area contributed by atoms with E-state index in [0.29, 0.717) is 36.8 Å². The van der Waals surface area contributed by atoms with Gasteiger partial charge in [0.25, 0.3) is 5.91 Å². The normalized spacial score (nSPS) is 11.8. The van der Waals surface area contributed by atoms with Crippen molar-refractivity contribution in [3.63, 3.8) is 0 Å². The van der Waals surface area contributed by atoms with Crippen LogP contribution in [0.1, 0.15) is 42.2 Å². The van der Waals surface area contributed by atoms with Crippen molar-refractivity contribution in [2.24, 2.45) is 0 Å². The molecule has 1 N–H and O–H groups in total. The van der Waals surface area contributed by atoms with Gasteiger partial charge in [0.05, 0.1) is 26.4 Å². The number of hydrogen-bond acceptors (Lipinski definition) is 5. The van der Waals surface area contributed by atoms with Gasteiger partial charge in [-0.15, -0.1) is 0 Å². The molecule has 158 valence electrons. The fourth-order valence-corrected chi connectivity index (χ4v) is 2.96. The van der Waals surface area contributed by atoms with E-state index in [4.69, 9.17) is 14.2 Å². The van der Waals surface area contributed by atoms with Crippen molar-refractivity contribution in [1.29, 1.82) is 0 Å². The molecule has 0 bridgehead atoms. The van der Waals surface area contributed by atoms with Crippen LogP contribution in [0.4, 0.5) is 0 Å². The van der Waals surface area contributed by atoms with Gasteiger partial charge >= 0.3 is 0 Å². The first-order chi connectivity index (χ1) is 14.0. The molecule has 0 aromatic heterocycles. The van der Waals surface area contributed by atoms with Crippen LogP contribution in [0.25, 0.3) is 0 Å². The molecule has 0 aliphatic carbocycles. The van der Waals surface area contributed by atoms with E-state index in [1.807, 2.05) is 52.2 Å². The summed E-state index contributed by atoms with van der Waals surface area (Å²) in [6.45, 7) is 5.56. The number of carbonyl (C=O) groups is 1. The van der Waals surface area contributed by atoms with Gasteiger partial charge in [-0.1, -0.05) is 19.1 Å². The Morgan fingerprint density at radius 2 is 1.76 bits per heavy atom. The minimum atomic E-state index is -0.145. The van der Waals surface area contributed by atoms with Crippen LogP contribution in [0.15, 0.2) is 42.5 Å². The largest absolute Gasteiger partial charge is 0.497 e. The van der Waals surface area contributed by atoms with Gasteiger partial charge in [0.2, 0.25) is 0 Å². The van der Waals surface area contributed by atoms with Crippen molar-refractivity contribution in [3.8, 4) is 17.2 Å². The Morgan fingerprint density at radius 1 is 1.03 bits per heavy atom. The molecule has 0 radical (unpaired) electrons. The zero-order valence-corrected chi connectivity index (χ0v) is 18.0. The average Bonchev–Trinajstić information content (AvgIpc) is 2.73. The molecule has 1 atom stereocenters. The number of benzene rings is 2. The van der Waals surface area contributed by atoms with Gasteiger partial charge in [0, 0.05) is 12.1 Å². The fraction of sp³-hybridized carbons (Fsp3) is 0.435. The van der Waals surface area contributed by atoms with E-state index >= 15 is 0 Å². The minimum absolute atomic E-state index is 0.0448. The highest BCUT2D eigenvalue weighted by atomic mass is 16.5. The average molecular weight is 401 g/mol. The highest BCUT2D eigenvalue weighted by molar-refractivity contribution is 5.94. The Hall–Kier alpha value is -2.73. The van der Waals surface area contributed by atoms with Crippen molar-refractivity contribution in [1.82, 2.24) is 10.2 Å². The summed E-state index contributed by atoms with van der Waals surface area (Å²) in [6.07, 6.45) is 0.908. The highest BCUT2D eigenvalue weighted by Gasteiger charge is 2.17. The molecule has 6 nitrogen and oxygen atoms in total. The van der Waals surface area contributed by atoms with Crippen LogP contribution in [0, 0.1) is 0 Å². The minimum Gasteiger partial charge on any atom is -0.497 e. The first-order valence-electron chi connectivity index (χ1n) is 9.98. The van der Waals surface area contributed by atoms with Gasteiger partial charge in [-0.3, -0.25) is 4.79 Å². The van der Waals surface area contributed by atoms with Crippen LogP contribution in [-0.4, -0.2) is 51.8 Å². The molecule has 0 fully saturated rings. The Bertz CT molecular complexity index is 775. The SMILES string of the molecule is CCCOc1ccc(C(=O)NC[C@@H](c2ccc(OC)cc2)N(C)C)cc1OCC. The van der Waals surface area contributed by atoms with Crippen molar-refractivity contribution in [2.45, 2.75) is 26.3 Å². The fourth-order valence-electron chi connectivity index (χ4n) is 2.96. The van der Waals surface area contributed by atoms with Crippen molar-refractivity contribution >= 4 is 5.91 Å². The molecule has 6 heteroatoms. The molecule has 0 spiro atoms. The van der Waals surface area contributed by atoms with Crippen molar-refractivity contribution in [2.75, 3.05) is 41.0 Å². The molecule has 2 aromatic rings. The molecule has 2 rings (SSSR count). The summed E-state index contributed by atoms with van der Waals surface area (Å²) in [6, 6.07) is 13.2. The number of hydrogen-bond donors (Lipinski definition) is 1. The molecule has 0 aliphatic rings. The summed E-state index contributed by atoms with van der Waals surface area (Å²) in [5, 5.41) is 3.03. The monoisotopic (exact) mass is 400 g/mol. The van der Waals surface area contributed by atoms with Gasteiger partial charge in [0.1, 0.15) is 5.75 Å². The summed E-state index contributed by atoms with van der Waals surface area (Å²) in [5.41, 5.74) is 1.65. The zero-order valence-electron chi connectivity index (χ0n) is 18.0. The molecule has 2 aromatic carbocycles. The standard InChI is InChI=1S/C23H32N2O4/c1-6-14-29-21-13-10-18(15-22(21)28-7-2)23(26)24-16-20(25(3)4)17-8-11-19(27-5)12-9-17/h8-13,15,20H,6-7,14,16H2,1-5H3,(H,24,26)/t20-/m0/s1. The number of nitrogens with one attached hydrogen (secondary N) is 1. The van der Waals surface area contributed by atoms with E-state index in [-0.39, 0.29) is 11.9 Å². The predicted molar refractivity (Wildman–Crippen MR) is 115 cm³/mol. The summed E-state index contributed by atoms with van der Waals surface area (Å²) >= 11 is 0. The van der Waals surface area contributed by atoms with E-state index in [2.05, 4.69) is 10.2 Å². The van der Waals surface area contributed by atoms with Crippen LogP contribution < -0.4 is 19.5 Å². The molecular weight excluding hydrogens is 368 g/mol. The maximum Gasteiger partial charge on any atom is 0.251 e. The third kappa shape index (κ3) is 6.39. The number of amides is 1. The Labute approximate surface area is 173 Å². The lowest BCUT2D eigenvalue weighted by molar-refractivity contribution is 0.0941. The smallest absolute Gasteiger partial charge is 0.251 e. The van der Waals surface area contributed by atoms with E-state index in [9.17, 15) is 4.79 Å². The number of nitrogens with zero attached hydrogens (tertiary/aromatic N) is 1. The van der Waals surface area contributed by atoms with Gasteiger partial charge < -0.3 is 24.4 Å². The molecule has 0 saturated heterocycles. The van der Waals surface area contributed by atoms with Crippen LogP contribution in [0.2, 0.25) is 0 Å². The Kier molecular flexibility index (Phi) is 8.80. The maximum atomic E-state index is 12.7. The van der Waals surface area contributed by atoms with Gasteiger partial charge in [-0.2, -0.15) is 0 Å². The number of methoxy groups -OCH3 is 1. The zero-order chi connectivity index (χ0) is 21.2. The summed E-state index contributed by atoms with van der Waals surface area (Å²) in [7, 11) is 5.63. The van der Waals surface area contributed by atoms with Gasteiger partial charge in [0.15, 0.2) is 11.5 Å². The molecule has 29 heavy (non-hydrogen) atoms. The molecule has 1 amide bonds. The van der Waals surface area contributed by atoms with Crippen molar-refractivity contribution < 1.29 is 19.0 Å². The molecule has 0 unspecified atom stereocenters. The quantitative estimate of drug-likeness (QED) is 0.620. The number of rotatable bonds is 11. The molecule has 0 saturated carbocycles. The second kappa shape index (κ2) is 11.3. The first kappa shape index (κ1) is 22.6. The third-order valence-corrected chi connectivity index (χ3v) is 4.55. The van der Waals surface area contributed by atoms with Gasteiger partial charge in [-0.05, 0) is 63.3 Å². The van der Waals surface area contributed by atoms with E-state index in [1.54, 1.807) is 25.3 Å². The van der Waals surface area contributed by atoms with Gasteiger partial charge in [-0.25, -0.2) is 0 Å². The van der Waals surface area contributed by atoms with Crippen LogP contribution in [0.3, 0.4) is 0 Å². The topological polar surface area (TPSA) is 60.0 Å². The number of carbonyl (C=O) groups excluding carboxylic acids is 1. The summed E-state index contributed by atoms with van der Waals surface area (Å²) in [4.78, 5) is 14.8. The first-order valence-corrected chi connectivity index (χ1v) is 9.98. The third-order valence-electron chi connectivity index (χ3n) is 4.55. The van der Waals surface area contributed by atoms with E-state index < -0.39 is 0 Å². The lowest BCUT2D eigenvalue weighted by Gasteiger charge is -2.25. The second-order valence-electron chi connectivity index (χ2n) is 6.91. The molecule has 0 aliphatic heterocycles. The second-order valence-corrected chi connectivity index (χ2v) is 6.91. The van der Waals surface area contributed by atoms with Crippen LogP contribution in [-0.2, 0) is 0 Å². The Morgan fingerprint density at radius 3 is 2.34 bits per heavy atom. The lowest BCUT2D eigenvalue weighted by atomic mass is 10.1.